The van der Waals surface area contributed by atoms with E-state index < -0.39 is 0 Å². The van der Waals surface area contributed by atoms with Crippen LogP contribution < -0.4 is 15.4 Å². The number of aryl methyl sites for hydroxylation is 2. The zero-order valence-electron chi connectivity index (χ0n) is 16.7. The molecule has 6 heteroatoms. The summed E-state index contributed by atoms with van der Waals surface area (Å²) in [5.41, 5.74) is 2.94. The largest absolute Gasteiger partial charge is 0.484 e. The predicted molar refractivity (Wildman–Crippen MR) is 116 cm³/mol. The van der Waals surface area contributed by atoms with Crippen LogP contribution in [0.1, 0.15) is 34.5 Å². The van der Waals surface area contributed by atoms with Crippen molar-refractivity contribution in [3.8, 4) is 5.75 Å². The first kappa shape index (κ1) is 19.8. The first-order chi connectivity index (χ1) is 14.7. The third-order valence-electron chi connectivity index (χ3n) is 5.15. The molecule has 3 aromatic rings. The van der Waals surface area contributed by atoms with E-state index in [2.05, 4.69) is 17.2 Å². The number of amides is 2. The second-order valence-corrected chi connectivity index (χ2v) is 7.25. The molecular formula is C24H24N2O4. The molecule has 1 aromatic heterocycles. The smallest absolute Gasteiger partial charge is 0.262 e. The maximum absolute atomic E-state index is 12.4. The summed E-state index contributed by atoms with van der Waals surface area (Å²) < 4.78 is 11.6. The van der Waals surface area contributed by atoms with Crippen molar-refractivity contribution in [3.63, 3.8) is 0 Å². The van der Waals surface area contributed by atoms with Gasteiger partial charge in [0.15, 0.2) is 6.61 Å². The summed E-state index contributed by atoms with van der Waals surface area (Å²) in [6.45, 7) is 3.78. The number of rotatable bonds is 7. The van der Waals surface area contributed by atoms with Crippen LogP contribution in [0.5, 0.6) is 5.75 Å². The molecule has 2 N–H and O–H groups in total. The Bertz CT molecular complexity index is 1100. The van der Waals surface area contributed by atoms with E-state index in [9.17, 15) is 9.59 Å². The monoisotopic (exact) mass is 404 g/mol. The number of anilines is 1. The van der Waals surface area contributed by atoms with Gasteiger partial charge in [-0.3, -0.25) is 9.59 Å². The average Bonchev–Trinajstić information content (AvgIpc) is 3.14. The van der Waals surface area contributed by atoms with E-state index in [0.717, 1.165) is 42.4 Å². The third-order valence-corrected chi connectivity index (χ3v) is 5.15. The molecule has 1 heterocycles. The zero-order chi connectivity index (χ0) is 20.9. The van der Waals surface area contributed by atoms with Crippen LogP contribution in [0.25, 0.3) is 11.0 Å². The molecule has 1 aliphatic rings. The number of hydrogen-bond donors (Lipinski definition) is 2. The lowest BCUT2D eigenvalue weighted by Crippen LogP contribution is -2.26. The molecule has 0 bridgehead atoms. The fraction of sp³-hybridized carbons (Fsp3) is 0.250. The molecule has 0 saturated carbocycles. The highest BCUT2D eigenvalue weighted by atomic mass is 16.5. The van der Waals surface area contributed by atoms with Gasteiger partial charge in [-0.15, -0.1) is 6.58 Å². The molecule has 0 spiro atoms. The van der Waals surface area contributed by atoms with Gasteiger partial charge in [-0.25, -0.2) is 0 Å². The number of carbonyl (C=O) groups excluding carboxylic acids is 2. The van der Waals surface area contributed by atoms with Crippen molar-refractivity contribution in [1.29, 1.82) is 0 Å². The Hall–Kier alpha value is -3.54. The first-order valence-electron chi connectivity index (χ1n) is 10.1. The molecule has 2 aromatic carbocycles. The summed E-state index contributed by atoms with van der Waals surface area (Å²) in [5.74, 6) is 1.07. The minimum atomic E-state index is -0.340. The number of para-hydroxylation sites is 1. The number of furan rings is 1. The van der Waals surface area contributed by atoms with E-state index in [1.54, 1.807) is 36.4 Å². The summed E-state index contributed by atoms with van der Waals surface area (Å²) in [6.07, 6.45) is 5.90. The Morgan fingerprint density at radius 1 is 1.13 bits per heavy atom. The molecule has 154 valence electrons. The Kier molecular flexibility index (Phi) is 5.84. The van der Waals surface area contributed by atoms with Crippen LogP contribution >= 0.6 is 0 Å². The predicted octanol–water partition coefficient (Wildman–Crippen LogP) is 4.24. The second kappa shape index (κ2) is 8.86. The molecule has 0 atom stereocenters. The van der Waals surface area contributed by atoms with Crippen LogP contribution in [0.2, 0.25) is 0 Å². The minimum Gasteiger partial charge on any atom is -0.484 e. The average molecular weight is 404 g/mol. The standard InChI is InChI=1S/C24H24N2O4/c1-2-13-25-24(28)18-8-3-5-9-20(18)26-23(27)15-29-16-11-12-22-19(14-16)17-7-4-6-10-21(17)30-22/h2-3,5,8-9,11-12,14H,1,4,6-7,10,13,15H2,(H,25,28)(H,26,27). The van der Waals surface area contributed by atoms with Crippen molar-refractivity contribution in [3.05, 3.63) is 72.0 Å². The van der Waals surface area contributed by atoms with Gasteiger partial charge in [-0.05, 0) is 49.6 Å². The van der Waals surface area contributed by atoms with Crippen LogP contribution in [0.3, 0.4) is 0 Å². The molecule has 0 aliphatic heterocycles. The molecule has 0 saturated heterocycles. The van der Waals surface area contributed by atoms with E-state index in [-0.39, 0.29) is 18.4 Å². The molecule has 1 aliphatic carbocycles. The quantitative estimate of drug-likeness (QED) is 0.577. The summed E-state index contributed by atoms with van der Waals surface area (Å²) in [6, 6.07) is 12.5. The Morgan fingerprint density at radius 2 is 1.97 bits per heavy atom. The number of fused-ring (bicyclic) bond motifs is 3. The highest BCUT2D eigenvalue weighted by Crippen LogP contribution is 2.33. The number of carbonyl (C=O) groups is 2. The summed E-state index contributed by atoms with van der Waals surface area (Å²) >= 11 is 0. The molecule has 0 radical (unpaired) electrons. The number of benzene rings is 2. The lowest BCUT2D eigenvalue weighted by Gasteiger charge is -2.12. The van der Waals surface area contributed by atoms with E-state index >= 15 is 0 Å². The molecular weight excluding hydrogens is 380 g/mol. The normalized spacial score (nSPS) is 12.8. The topological polar surface area (TPSA) is 80.6 Å². The number of hydrogen-bond acceptors (Lipinski definition) is 4. The van der Waals surface area contributed by atoms with E-state index in [4.69, 9.17) is 9.15 Å². The highest BCUT2D eigenvalue weighted by Gasteiger charge is 2.18. The minimum absolute atomic E-state index is 0.159. The molecule has 0 fully saturated rings. The van der Waals surface area contributed by atoms with E-state index in [1.165, 1.54) is 5.56 Å². The molecule has 0 unspecified atom stereocenters. The lowest BCUT2D eigenvalue weighted by atomic mass is 9.96. The Morgan fingerprint density at radius 3 is 2.83 bits per heavy atom. The van der Waals surface area contributed by atoms with Crippen LogP contribution in [0.15, 0.2) is 59.5 Å². The third kappa shape index (κ3) is 4.22. The SMILES string of the molecule is C=CCNC(=O)c1ccccc1NC(=O)COc1ccc2oc3c(c2c1)CCCC3. The second-order valence-electron chi connectivity index (χ2n) is 7.25. The number of ether oxygens (including phenoxy) is 1. The Labute approximate surface area is 174 Å². The van der Waals surface area contributed by atoms with Gasteiger partial charge in [0.05, 0.1) is 11.3 Å². The fourth-order valence-electron chi connectivity index (χ4n) is 3.72. The molecule has 4 rings (SSSR count). The highest BCUT2D eigenvalue weighted by molar-refractivity contribution is 6.04. The van der Waals surface area contributed by atoms with E-state index in [0.29, 0.717) is 23.5 Å². The van der Waals surface area contributed by atoms with Crippen LogP contribution in [0, 0.1) is 0 Å². The zero-order valence-corrected chi connectivity index (χ0v) is 16.7. The Balaban J connectivity index is 1.42. The van der Waals surface area contributed by atoms with Gasteiger partial charge in [-0.2, -0.15) is 0 Å². The van der Waals surface area contributed by atoms with Crippen LogP contribution in [-0.4, -0.2) is 25.0 Å². The van der Waals surface area contributed by atoms with E-state index in [1.807, 2.05) is 12.1 Å². The lowest BCUT2D eigenvalue weighted by molar-refractivity contribution is -0.118. The fourth-order valence-corrected chi connectivity index (χ4v) is 3.72. The van der Waals surface area contributed by atoms with Crippen molar-refractivity contribution >= 4 is 28.5 Å². The van der Waals surface area contributed by atoms with Gasteiger partial charge in [0.1, 0.15) is 17.1 Å². The summed E-state index contributed by atoms with van der Waals surface area (Å²) in [4.78, 5) is 24.7. The molecule has 6 nitrogen and oxygen atoms in total. The van der Waals surface area contributed by atoms with Crippen molar-refractivity contribution in [2.75, 3.05) is 18.5 Å². The van der Waals surface area contributed by atoms with Gasteiger partial charge in [0.2, 0.25) is 0 Å². The van der Waals surface area contributed by atoms with Crippen molar-refractivity contribution < 1.29 is 18.7 Å². The maximum atomic E-state index is 12.4. The first-order valence-corrected chi connectivity index (χ1v) is 10.1. The van der Waals surface area contributed by atoms with Gasteiger partial charge in [0, 0.05) is 23.9 Å². The summed E-state index contributed by atoms with van der Waals surface area (Å²) in [7, 11) is 0. The van der Waals surface area contributed by atoms with Gasteiger partial charge in [0.25, 0.3) is 11.8 Å². The molecule has 30 heavy (non-hydrogen) atoms. The van der Waals surface area contributed by atoms with Crippen LogP contribution in [0.4, 0.5) is 5.69 Å². The van der Waals surface area contributed by atoms with Crippen molar-refractivity contribution in [1.82, 2.24) is 5.32 Å². The van der Waals surface area contributed by atoms with Gasteiger partial charge in [-0.1, -0.05) is 18.2 Å². The van der Waals surface area contributed by atoms with Crippen LogP contribution in [-0.2, 0) is 17.6 Å². The van der Waals surface area contributed by atoms with Crippen molar-refractivity contribution in [2.45, 2.75) is 25.7 Å². The van der Waals surface area contributed by atoms with Crippen molar-refractivity contribution in [2.24, 2.45) is 0 Å². The van der Waals surface area contributed by atoms with Gasteiger partial charge >= 0.3 is 0 Å². The van der Waals surface area contributed by atoms with Gasteiger partial charge < -0.3 is 19.8 Å². The number of nitrogens with one attached hydrogen (secondary N) is 2. The summed E-state index contributed by atoms with van der Waals surface area (Å²) in [5, 5.41) is 6.52. The molecule has 2 amide bonds. The maximum Gasteiger partial charge on any atom is 0.262 e.